The van der Waals surface area contributed by atoms with Gasteiger partial charge in [-0.1, -0.05) is 55.3 Å². The lowest BCUT2D eigenvalue weighted by atomic mass is 10.1. The van der Waals surface area contributed by atoms with Crippen molar-refractivity contribution in [3.8, 4) is 0 Å². The summed E-state index contributed by atoms with van der Waals surface area (Å²) in [5, 5.41) is 4.93. The van der Waals surface area contributed by atoms with Gasteiger partial charge >= 0.3 is 6.18 Å². The number of para-hydroxylation sites is 1. The van der Waals surface area contributed by atoms with Gasteiger partial charge in [-0.15, -0.1) is 0 Å². The number of carbonyl (C=O) groups excluding carboxylic acids is 2. The molecule has 0 atom stereocenters. The summed E-state index contributed by atoms with van der Waals surface area (Å²) in [6.45, 7) is 1.48. The molecule has 0 unspecified atom stereocenters. The Bertz CT molecular complexity index is 1400. The predicted molar refractivity (Wildman–Crippen MR) is 140 cm³/mol. The predicted octanol–water partition coefficient (Wildman–Crippen LogP) is 5.72. The number of amides is 2. The number of hydrogen-bond donors (Lipinski definition) is 2. The third-order valence-corrected chi connectivity index (χ3v) is 7.52. The van der Waals surface area contributed by atoms with E-state index in [-0.39, 0.29) is 21.2 Å². The van der Waals surface area contributed by atoms with Gasteiger partial charge in [-0.2, -0.15) is 13.2 Å². The minimum absolute atomic E-state index is 0.110. The lowest BCUT2D eigenvalue weighted by Gasteiger charge is -2.26. The van der Waals surface area contributed by atoms with Gasteiger partial charge in [0.2, 0.25) is 5.91 Å². The van der Waals surface area contributed by atoms with Crippen molar-refractivity contribution in [2.24, 2.45) is 0 Å². The van der Waals surface area contributed by atoms with Gasteiger partial charge in [0.05, 0.1) is 32.4 Å². The maximum atomic E-state index is 13.5. The molecule has 0 aliphatic heterocycles. The van der Waals surface area contributed by atoms with Gasteiger partial charge in [-0.25, -0.2) is 8.42 Å². The van der Waals surface area contributed by atoms with Crippen LogP contribution in [0, 0.1) is 0 Å². The Kier molecular flexibility index (Phi) is 9.40. The summed E-state index contributed by atoms with van der Waals surface area (Å²) < 4.78 is 67.8. The van der Waals surface area contributed by atoms with Crippen molar-refractivity contribution >= 4 is 44.8 Å². The average Bonchev–Trinajstić information content (AvgIpc) is 2.88. The van der Waals surface area contributed by atoms with Crippen LogP contribution in [-0.2, 0) is 21.0 Å². The summed E-state index contributed by atoms with van der Waals surface area (Å²) >= 11 is 6.15. The molecule has 0 bridgehead atoms. The fourth-order valence-electron chi connectivity index (χ4n) is 3.48. The number of anilines is 2. The second-order valence-electron chi connectivity index (χ2n) is 8.19. The molecule has 0 saturated heterocycles. The van der Waals surface area contributed by atoms with E-state index in [9.17, 15) is 31.2 Å². The van der Waals surface area contributed by atoms with Gasteiger partial charge in [0.15, 0.2) is 0 Å². The number of rotatable bonds is 10. The highest BCUT2D eigenvalue weighted by atomic mass is 35.5. The van der Waals surface area contributed by atoms with Crippen molar-refractivity contribution in [1.82, 2.24) is 5.32 Å². The quantitative estimate of drug-likeness (QED) is 0.306. The zero-order valence-corrected chi connectivity index (χ0v) is 21.8. The molecule has 7 nitrogen and oxygen atoms in total. The van der Waals surface area contributed by atoms with Crippen LogP contribution in [0.1, 0.15) is 35.7 Å². The number of nitrogens with zero attached hydrogens (tertiary/aromatic N) is 1. The molecule has 38 heavy (non-hydrogen) atoms. The fraction of sp³-hybridized carbons (Fsp3) is 0.231. The molecule has 0 saturated carbocycles. The molecule has 202 valence electrons. The molecule has 3 rings (SSSR count). The van der Waals surface area contributed by atoms with Crippen molar-refractivity contribution in [2.45, 2.75) is 30.8 Å². The number of unbranched alkanes of at least 4 members (excludes halogenated alkanes) is 1. The molecule has 0 heterocycles. The van der Waals surface area contributed by atoms with E-state index in [2.05, 4.69) is 10.6 Å². The Morgan fingerprint density at radius 2 is 1.63 bits per heavy atom. The average molecular weight is 568 g/mol. The summed E-state index contributed by atoms with van der Waals surface area (Å²) in [6.07, 6.45) is -3.17. The summed E-state index contributed by atoms with van der Waals surface area (Å²) in [5.41, 5.74) is -1.41. The Morgan fingerprint density at radius 1 is 0.974 bits per heavy atom. The summed E-state index contributed by atoms with van der Waals surface area (Å²) in [6, 6.07) is 15.3. The van der Waals surface area contributed by atoms with Crippen molar-refractivity contribution in [3.05, 3.63) is 88.9 Å². The second kappa shape index (κ2) is 12.3. The van der Waals surface area contributed by atoms with Crippen molar-refractivity contribution in [2.75, 3.05) is 22.7 Å². The van der Waals surface area contributed by atoms with Crippen LogP contribution in [0.3, 0.4) is 0 Å². The summed E-state index contributed by atoms with van der Waals surface area (Å²) in [4.78, 5) is 25.4. The highest BCUT2D eigenvalue weighted by molar-refractivity contribution is 7.92. The third-order valence-electron chi connectivity index (χ3n) is 5.42. The van der Waals surface area contributed by atoms with Crippen molar-refractivity contribution in [3.63, 3.8) is 0 Å². The Labute approximate surface area is 223 Å². The second-order valence-corrected chi connectivity index (χ2v) is 10.5. The van der Waals surface area contributed by atoms with Gasteiger partial charge in [-0.3, -0.25) is 13.9 Å². The van der Waals surface area contributed by atoms with Gasteiger partial charge < -0.3 is 10.6 Å². The van der Waals surface area contributed by atoms with Crippen molar-refractivity contribution < 1.29 is 31.2 Å². The molecule has 3 aromatic carbocycles. The van der Waals surface area contributed by atoms with E-state index in [0.29, 0.717) is 23.0 Å². The van der Waals surface area contributed by atoms with Gasteiger partial charge in [0.25, 0.3) is 15.9 Å². The Balaban J connectivity index is 1.99. The van der Waals surface area contributed by atoms with Crippen LogP contribution in [0.2, 0.25) is 5.02 Å². The minimum atomic E-state index is -4.78. The van der Waals surface area contributed by atoms with Crippen molar-refractivity contribution in [1.29, 1.82) is 0 Å². The van der Waals surface area contributed by atoms with Crippen LogP contribution in [0.15, 0.2) is 77.7 Å². The van der Waals surface area contributed by atoms with E-state index in [1.807, 2.05) is 6.92 Å². The van der Waals surface area contributed by atoms with E-state index in [0.717, 1.165) is 18.9 Å². The molecule has 12 heteroatoms. The van der Waals surface area contributed by atoms with Crippen LogP contribution in [-0.4, -0.2) is 33.3 Å². The summed E-state index contributed by atoms with van der Waals surface area (Å²) in [7, 11) is -4.53. The van der Waals surface area contributed by atoms with Crippen LogP contribution in [0.4, 0.5) is 24.5 Å². The maximum Gasteiger partial charge on any atom is 0.416 e. The number of benzene rings is 3. The first-order chi connectivity index (χ1) is 17.9. The number of nitrogens with one attached hydrogen (secondary N) is 2. The van der Waals surface area contributed by atoms with Crippen LogP contribution >= 0.6 is 11.6 Å². The topological polar surface area (TPSA) is 95.6 Å². The monoisotopic (exact) mass is 567 g/mol. The normalized spacial score (nSPS) is 11.6. The van der Waals surface area contributed by atoms with E-state index in [4.69, 9.17) is 11.6 Å². The van der Waals surface area contributed by atoms with E-state index < -0.39 is 45.8 Å². The number of sulfonamides is 1. The number of halogens is 4. The van der Waals surface area contributed by atoms with E-state index >= 15 is 0 Å². The summed E-state index contributed by atoms with van der Waals surface area (Å²) in [5.74, 6) is -1.34. The maximum absolute atomic E-state index is 13.5. The first-order valence-corrected chi connectivity index (χ1v) is 13.4. The number of carbonyl (C=O) groups is 2. The largest absolute Gasteiger partial charge is 0.416 e. The van der Waals surface area contributed by atoms with E-state index in [1.54, 1.807) is 18.2 Å². The molecule has 0 aliphatic carbocycles. The van der Waals surface area contributed by atoms with Gasteiger partial charge in [-0.05, 0) is 48.9 Å². The molecule has 0 aromatic heterocycles. The molecule has 0 fully saturated rings. The minimum Gasteiger partial charge on any atom is -0.352 e. The Hall–Kier alpha value is -3.57. The molecule has 0 aliphatic rings. The highest BCUT2D eigenvalue weighted by Gasteiger charge is 2.34. The molecule has 0 radical (unpaired) electrons. The van der Waals surface area contributed by atoms with Gasteiger partial charge in [0, 0.05) is 6.54 Å². The van der Waals surface area contributed by atoms with E-state index in [1.165, 1.54) is 36.4 Å². The van der Waals surface area contributed by atoms with Crippen LogP contribution in [0.25, 0.3) is 0 Å². The molecular weight excluding hydrogens is 543 g/mol. The smallest absolute Gasteiger partial charge is 0.352 e. The fourth-order valence-corrected chi connectivity index (χ4v) is 5.21. The molecule has 2 amide bonds. The zero-order chi connectivity index (χ0) is 27.9. The molecule has 2 N–H and O–H groups in total. The molecular formula is C26H25ClF3N3O4S. The van der Waals surface area contributed by atoms with Crippen LogP contribution in [0.5, 0.6) is 0 Å². The highest BCUT2D eigenvalue weighted by Crippen LogP contribution is 2.37. The zero-order valence-electron chi connectivity index (χ0n) is 20.3. The van der Waals surface area contributed by atoms with Gasteiger partial charge in [0.1, 0.15) is 6.54 Å². The molecule has 3 aromatic rings. The Morgan fingerprint density at radius 3 is 2.29 bits per heavy atom. The van der Waals surface area contributed by atoms with Crippen LogP contribution < -0.4 is 14.9 Å². The third kappa shape index (κ3) is 7.05. The number of alkyl halides is 3. The molecule has 0 spiro atoms. The first-order valence-electron chi connectivity index (χ1n) is 11.6. The number of hydrogen-bond acceptors (Lipinski definition) is 4. The SMILES string of the molecule is CCCCNC(=O)c1ccccc1NC(=O)CN(c1cc(C(F)(F)F)ccc1Cl)S(=O)(=O)c1ccccc1. The standard InChI is InChI=1S/C26H25ClF3N3O4S/c1-2-3-15-31-25(35)20-11-7-8-12-22(20)32-24(34)17-33(38(36,37)19-9-5-4-6-10-19)23-16-18(26(28,29)30)13-14-21(23)27/h4-14,16H,2-3,15,17H2,1H3,(H,31,35)(H,32,34). The lowest BCUT2D eigenvalue weighted by Crippen LogP contribution is -2.38. The lowest BCUT2D eigenvalue weighted by molar-refractivity contribution is -0.137. The first kappa shape index (κ1) is 29.0.